The maximum Gasteiger partial charge on any atom is 0.191 e. The second-order valence-corrected chi connectivity index (χ2v) is 14.5. The van der Waals surface area contributed by atoms with Gasteiger partial charge >= 0.3 is 0 Å². The summed E-state index contributed by atoms with van der Waals surface area (Å²) in [4.78, 5) is 0. The Morgan fingerprint density at radius 2 is 1.77 bits per heavy atom. The molecular formula is C27H44O3Si. The van der Waals surface area contributed by atoms with Gasteiger partial charge in [0, 0.05) is 13.0 Å². The Bertz CT molecular complexity index is 726. The average molecular weight is 445 g/mol. The second-order valence-electron chi connectivity index (χ2n) is 9.70. The largest absolute Gasteiger partial charge is 0.448 e. The zero-order valence-electron chi connectivity index (χ0n) is 20.7. The van der Waals surface area contributed by atoms with Crippen molar-refractivity contribution in [2.75, 3.05) is 6.61 Å². The molecule has 3 nitrogen and oxygen atoms in total. The van der Waals surface area contributed by atoms with Crippen LogP contribution < -0.4 is 0 Å². The summed E-state index contributed by atoms with van der Waals surface area (Å²) in [6, 6.07) is 3.77. The number of rotatable bonds is 13. The van der Waals surface area contributed by atoms with Crippen molar-refractivity contribution in [1.82, 2.24) is 0 Å². The van der Waals surface area contributed by atoms with Gasteiger partial charge in [-0.25, -0.2) is 0 Å². The van der Waals surface area contributed by atoms with Crippen molar-refractivity contribution in [3.8, 4) is 11.8 Å². The summed E-state index contributed by atoms with van der Waals surface area (Å²) in [5.41, 5.74) is 0. The van der Waals surface area contributed by atoms with E-state index >= 15 is 0 Å². The molecule has 0 aliphatic carbocycles. The van der Waals surface area contributed by atoms with Crippen LogP contribution in [0.25, 0.3) is 6.08 Å². The summed E-state index contributed by atoms with van der Waals surface area (Å²) in [5.74, 6) is 7.17. The summed E-state index contributed by atoms with van der Waals surface area (Å²) in [6.07, 6.45) is 16.2. The van der Waals surface area contributed by atoms with Crippen LogP contribution in [0.2, 0.25) is 18.1 Å². The van der Waals surface area contributed by atoms with Crippen molar-refractivity contribution < 1.29 is 13.9 Å². The standard InChI is InChI=1S/C27H44O3Si/c1-7-8-9-10-11-14-17-24(28)19-20-26-22-21-25(30-26)18-15-12-13-16-23-29-31(5,6)27(2,3)4/h11,14-15,18,21-22,24,28H,7-10,12-13,16-17,23H2,1-6H3/b14-11-,18-15-. The van der Waals surface area contributed by atoms with E-state index < -0.39 is 14.4 Å². The highest BCUT2D eigenvalue weighted by molar-refractivity contribution is 6.74. The fraction of sp³-hybridized carbons (Fsp3) is 0.630. The van der Waals surface area contributed by atoms with Gasteiger partial charge in [-0.3, -0.25) is 0 Å². The first kappa shape index (κ1) is 27.5. The fourth-order valence-corrected chi connectivity index (χ4v) is 3.77. The molecule has 0 fully saturated rings. The van der Waals surface area contributed by atoms with Crippen molar-refractivity contribution in [3.05, 3.63) is 41.9 Å². The Morgan fingerprint density at radius 3 is 2.48 bits per heavy atom. The third-order valence-electron chi connectivity index (χ3n) is 5.81. The highest BCUT2D eigenvalue weighted by Crippen LogP contribution is 2.36. The van der Waals surface area contributed by atoms with E-state index in [1.54, 1.807) is 0 Å². The smallest absolute Gasteiger partial charge is 0.191 e. The Kier molecular flexibility index (Phi) is 12.9. The van der Waals surface area contributed by atoms with E-state index in [0.29, 0.717) is 12.2 Å². The van der Waals surface area contributed by atoms with Crippen LogP contribution in [0.3, 0.4) is 0 Å². The molecule has 1 heterocycles. The normalized spacial score (nSPS) is 13.6. The lowest BCUT2D eigenvalue weighted by atomic mass is 10.1. The molecule has 0 saturated heterocycles. The van der Waals surface area contributed by atoms with Gasteiger partial charge in [0.2, 0.25) is 0 Å². The highest BCUT2D eigenvalue weighted by atomic mass is 28.4. The minimum atomic E-state index is -1.62. The van der Waals surface area contributed by atoms with Crippen molar-refractivity contribution in [3.63, 3.8) is 0 Å². The molecule has 0 aliphatic heterocycles. The number of furan rings is 1. The number of allylic oxidation sites excluding steroid dienone is 2. The van der Waals surface area contributed by atoms with Crippen LogP contribution in [-0.2, 0) is 4.43 Å². The predicted molar refractivity (Wildman–Crippen MR) is 136 cm³/mol. The van der Waals surface area contributed by atoms with Crippen LogP contribution in [0.15, 0.2) is 34.8 Å². The fourth-order valence-electron chi connectivity index (χ4n) is 2.69. The zero-order valence-corrected chi connectivity index (χ0v) is 21.7. The van der Waals surface area contributed by atoms with E-state index in [9.17, 15) is 5.11 Å². The molecule has 0 amide bonds. The minimum Gasteiger partial charge on any atom is -0.448 e. The van der Waals surface area contributed by atoms with Gasteiger partial charge in [-0.05, 0) is 74.4 Å². The molecule has 1 aromatic rings. The van der Waals surface area contributed by atoms with Crippen LogP contribution in [0.1, 0.15) is 90.6 Å². The lowest BCUT2D eigenvalue weighted by Crippen LogP contribution is -2.40. The molecule has 0 aliphatic rings. The summed E-state index contributed by atoms with van der Waals surface area (Å²) in [5, 5.41) is 10.2. The van der Waals surface area contributed by atoms with E-state index in [1.165, 1.54) is 19.3 Å². The molecule has 4 heteroatoms. The number of unbranched alkanes of at least 4 members (excludes halogenated alkanes) is 5. The van der Waals surface area contributed by atoms with Gasteiger partial charge in [0.15, 0.2) is 14.1 Å². The van der Waals surface area contributed by atoms with Gasteiger partial charge in [-0.15, -0.1) is 0 Å². The molecule has 0 aromatic carbocycles. The van der Waals surface area contributed by atoms with Crippen LogP contribution in [0.4, 0.5) is 0 Å². The zero-order chi connectivity index (χ0) is 23.2. The third-order valence-corrected chi connectivity index (χ3v) is 10.3. The minimum absolute atomic E-state index is 0.272. The highest BCUT2D eigenvalue weighted by Gasteiger charge is 2.36. The lowest BCUT2D eigenvalue weighted by Gasteiger charge is -2.36. The van der Waals surface area contributed by atoms with Gasteiger partial charge in [0.25, 0.3) is 0 Å². The van der Waals surface area contributed by atoms with E-state index in [2.05, 4.69) is 64.8 Å². The van der Waals surface area contributed by atoms with Gasteiger partial charge in [0.1, 0.15) is 11.9 Å². The Labute approximate surface area is 192 Å². The van der Waals surface area contributed by atoms with E-state index in [1.807, 2.05) is 24.3 Å². The van der Waals surface area contributed by atoms with E-state index in [4.69, 9.17) is 8.84 Å². The quantitative estimate of drug-likeness (QED) is 0.146. The molecule has 31 heavy (non-hydrogen) atoms. The van der Waals surface area contributed by atoms with Gasteiger partial charge < -0.3 is 13.9 Å². The van der Waals surface area contributed by atoms with Crippen molar-refractivity contribution in [2.45, 2.75) is 103 Å². The molecule has 0 saturated carbocycles. The summed E-state index contributed by atoms with van der Waals surface area (Å²) in [6.45, 7) is 14.5. The Morgan fingerprint density at radius 1 is 1.06 bits per heavy atom. The van der Waals surface area contributed by atoms with Gasteiger partial charge in [-0.2, -0.15) is 0 Å². The first-order chi connectivity index (χ1) is 14.7. The monoisotopic (exact) mass is 444 g/mol. The SMILES string of the molecule is CCCCC/C=C\CC(O)C#Cc1ccc(/C=C\CCCCO[Si](C)(C)C(C)(C)C)o1. The summed E-state index contributed by atoms with van der Waals surface area (Å²) < 4.78 is 11.9. The van der Waals surface area contributed by atoms with Gasteiger partial charge in [-0.1, -0.05) is 64.7 Å². The van der Waals surface area contributed by atoms with Crippen molar-refractivity contribution >= 4 is 14.4 Å². The average Bonchev–Trinajstić information content (AvgIpc) is 3.15. The molecule has 1 rings (SSSR count). The van der Waals surface area contributed by atoms with Crippen LogP contribution in [0.5, 0.6) is 0 Å². The van der Waals surface area contributed by atoms with Gasteiger partial charge in [0.05, 0.1) is 0 Å². The second kappa shape index (κ2) is 14.5. The number of hydrogen-bond acceptors (Lipinski definition) is 3. The van der Waals surface area contributed by atoms with Crippen molar-refractivity contribution in [2.24, 2.45) is 0 Å². The first-order valence-electron chi connectivity index (χ1n) is 11.9. The third kappa shape index (κ3) is 12.2. The summed E-state index contributed by atoms with van der Waals surface area (Å²) in [7, 11) is -1.62. The molecule has 1 atom stereocenters. The maximum absolute atomic E-state index is 9.97. The molecule has 1 aromatic heterocycles. The molecule has 1 unspecified atom stereocenters. The Hall–Kier alpha value is -1.54. The molecule has 174 valence electrons. The first-order valence-corrected chi connectivity index (χ1v) is 14.8. The topological polar surface area (TPSA) is 42.6 Å². The van der Waals surface area contributed by atoms with Crippen LogP contribution >= 0.6 is 0 Å². The van der Waals surface area contributed by atoms with Crippen LogP contribution in [0, 0.1) is 11.8 Å². The predicted octanol–water partition coefficient (Wildman–Crippen LogP) is 7.72. The molecular weight excluding hydrogens is 400 g/mol. The maximum atomic E-state index is 9.97. The molecule has 0 spiro atoms. The number of aliphatic hydroxyl groups is 1. The Balaban J connectivity index is 2.28. The number of hydrogen-bond donors (Lipinski definition) is 1. The molecule has 1 N–H and O–H groups in total. The van der Waals surface area contributed by atoms with E-state index in [-0.39, 0.29) is 5.04 Å². The van der Waals surface area contributed by atoms with Crippen molar-refractivity contribution in [1.29, 1.82) is 0 Å². The van der Waals surface area contributed by atoms with Crippen LogP contribution in [-0.4, -0.2) is 26.1 Å². The summed E-state index contributed by atoms with van der Waals surface area (Å²) >= 11 is 0. The molecule has 0 radical (unpaired) electrons. The molecule has 0 bridgehead atoms. The number of aliphatic hydroxyl groups excluding tert-OH is 1. The van der Waals surface area contributed by atoms with E-state index in [0.717, 1.165) is 38.1 Å². The lowest BCUT2D eigenvalue weighted by molar-refractivity contribution is 0.236.